The Bertz CT molecular complexity index is 193. The Morgan fingerprint density at radius 1 is 1.00 bits per heavy atom. The molecule has 0 heterocycles. The quantitative estimate of drug-likeness (QED) is 0.279. The molecule has 0 spiro atoms. The maximum absolute atomic E-state index is 10.8. The Kier molecular flexibility index (Phi) is 16.8. The van der Waals surface area contributed by atoms with Gasteiger partial charge in [0.05, 0.1) is 0 Å². The highest BCUT2D eigenvalue weighted by atomic mass is 16.2. The van der Waals surface area contributed by atoms with Gasteiger partial charge in [0.2, 0.25) is 5.78 Å². The van der Waals surface area contributed by atoms with Crippen molar-refractivity contribution in [3.05, 3.63) is 0 Å². The summed E-state index contributed by atoms with van der Waals surface area (Å²) in [6, 6.07) is 0. The molecule has 0 fully saturated rings. The van der Waals surface area contributed by atoms with Crippen molar-refractivity contribution in [3.63, 3.8) is 0 Å². The van der Waals surface area contributed by atoms with Crippen LogP contribution in [0.15, 0.2) is 0 Å². The van der Waals surface area contributed by atoms with Crippen LogP contribution in [0.1, 0.15) is 45.4 Å². The number of hydrogen-bond acceptors (Lipinski definition) is 5. The van der Waals surface area contributed by atoms with Crippen LogP contribution in [0.2, 0.25) is 0 Å². The smallest absolute Gasteiger partial charge is 0.260 e. The number of ketones is 2. The Balaban J connectivity index is -0.000000720. The molecule has 5 nitrogen and oxygen atoms in total. The maximum atomic E-state index is 10.8. The molecule has 6 N–H and O–H groups in total. The predicted octanol–water partition coefficient (Wildman–Crippen LogP) is 2.01. The number of carbonyl (C=O) groups is 3. The molecule has 90 valence electrons. The van der Waals surface area contributed by atoms with Crippen molar-refractivity contribution in [1.82, 2.24) is 12.3 Å². The van der Waals surface area contributed by atoms with Crippen LogP contribution in [-0.4, -0.2) is 17.9 Å². The van der Waals surface area contributed by atoms with Gasteiger partial charge >= 0.3 is 0 Å². The molecule has 0 aromatic rings. The van der Waals surface area contributed by atoms with Crippen LogP contribution in [0.3, 0.4) is 0 Å². The Morgan fingerprint density at radius 3 is 2.00 bits per heavy atom. The van der Waals surface area contributed by atoms with Gasteiger partial charge in [0, 0.05) is 6.42 Å². The van der Waals surface area contributed by atoms with Crippen LogP contribution in [0.4, 0.5) is 0 Å². The first-order valence-electron chi connectivity index (χ1n) is 4.74. The summed E-state index contributed by atoms with van der Waals surface area (Å²) >= 11 is 0. The SMILES string of the molecule is CCCCCCCC(=O)C(=O)C=O.N.N. The van der Waals surface area contributed by atoms with Crippen LogP contribution in [0.25, 0.3) is 0 Å². The van der Waals surface area contributed by atoms with E-state index in [0.717, 1.165) is 32.1 Å². The minimum atomic E-state index is -0.893. The lowest BCUT2D eigenvalue weighted by Crippen LogP contribution is -2.14. The first-order chi connectivity index (χ1) is 6.22. The summed E-state index contributed by atoms with van der Waals surface area (Å²) in [6.45, 7) is 2.11. The minimum Gasteiger partial charge on any atom is -0.344 e. The molecule has 0 saturated heterocycles. The van der Waals surface area contributed by atoms with E-state index in [0.29, 0.717) is 0 Å². The van der Waals surface area contributed by atoms with E-state index in [1.165, 1.54) is 0 Å². The van der Waals surface area contributed by atoms with E-state index >= 15 is 0 Å². The largest absolute Gasteiger partial charge is 0.344 e. The number of Topliss-reactive ketones (excluding diaryl/α,β-unsaturated/α-hetero) is 2. The lowest BCUT2D eigenvalue weighted by molar-refractivity contribution is -0.140. The maximum Gasteiger partial charge on any atom is 0.260 e. The van der Waals surface area contributed by atoms with Gasteiger partial charge in [0.1, 0.15) is 0 Å². The van der Waals surface area contributed by atoms with Crippen molar-refractivity contribution in [2.24, 2.45) is 0 Å². The zero-order valence-corrected chi connectivity index (χ0v) is 9.46. The predicted molar refractivity (Wildman–Crippen MR) is 59.5 cm³/mol. The number of unbranched alkanes of at least 4 members (excludes halogenated alkanes) is 4. The molecule has 0 aliphatic rings. The molecular formula is C10H22N2O3. The summed E-state index contributed by atoms with van der Waals surface area (Å²) in [5, 5.41) is 0. The fourth-order valence-electron chi connectivity index (χ4n) is 1.08. The van der Waals surface area contributed by atoms with Crippen LogP contribution in [0.5, 0.6) is 0 Å². The highest BCUT2D eigenvalue weighted by molar-refractivity contribution is 6.57. The molecule has 0 radical (unpaired) electrons. The normalized spacial score (nSPS) is 8.33. The molecule has 0 unspecified atom stereocenters. The monoisotopic (exact) mass is 218 g/mol. The fraction of sp³-hybridized carbons (Fsp3) is 0.700. The van der Waals surface area contributed by atoms with E-state index < -0.39 is 11.6 Å². The highest BCUT2D eigenvalue weighted by Crippen LogP contribution is 2.05. The minimum absolute atomic E-state index is 0. The number of carbonyl (C=O) groups excluding carboxylic acids is 3. The molecule has 0 bridgehead atoms. The molecule has 0 aromatic heterocycles. The lowest BCUT2D eigenvalue weighted by Gasteiger charge is -1.96. The fourth-order valence-corrected chi connectivity index (χ4v) is 1.08. The topological polar surface area (TPSA) is 121 Å². The van der Waals surface area contributed by atoms with Crippen molar-refractivity contribution >= 4 is 17.9 Å². The van der Waals surface area contributed by atoms with Gasteiger partial charge in [0.25, 0.3) is 5.78 Å². The molecule has 5 heteroatoms. The number of hydrogen-bond donors (Lipinski definition) is 2. The van der Waals surface area contributed by atoms with Gasteiger partial charge in [-0.1, -0.05) is 32.6 Å². The summed E-state index contributed by atoms with van der Waals surface area (Å²) in [4.78, 5) is 31.3. The van der Waals surface area contributed by atoms with Gasteiger partial charge in [-0.25, -0.2) is 0 Å². The van der Waals surface area contributed by atoms with E-state index in [-0.39, 0.29) is 25.0 Å². The van der Waals surface area contributed by atoms with Crippen molar-refractivity contribution in [2.45, 2.75) is 45.4 Å². The van der Waals surface area contributed by atoms with Crippen LogP contribution >= 0.6 is 0 Å². The first kappa shape index (κ1) is 19.5. The van der Waals surface area contributed by atoms with Gasteiger partial charge < -0.3 is 12.3 Å². The van der Waals surface area contributed by atoms with E-state index in [9.17, 15) is 14.4 Å². The van der Waals surface area contributed by atoms with Crippen LogP contribution in [0, 0.1) is 0 Å². The van der Waals surface area contributed by atoms with Gasteiger partial charge in [-0.15, -0.1) is 0 Å². The molecule has 15 heavy (non-hydrogen) atoms. The number of aldehydes is 1. The Hall–Kier alpha value is -1.07. The number of rotatable bonds is 8. The van der Waals surface area contributed by atoms with Crippen LogP contribution in [-0.2, 0) is 14.4 Å². The van der Waals surface area contributed by atoms with Gasteiger partial charge in [0.15, 0.2) is 6.29 Å². The van der Waals surface area contributed by atoms with Gasteiger partial charge in [-0.3, -0.25) is 14.4 Å². The average molecular weight is 218 g/mol. The second-order valence-corrected chi connectivity index (χ2v) is 3.07. The van der Waals surface area contributed by atoms with Crippen molar-refractivity contribution in [2.75, 3.05) is 0 Å². The zero-order valence-electron chi connectivity index (χ0n) is 9.46. The second-order valence-electron chi connectivity index (χ2n) is 3.07. The third-order valence-corrected chi connectivity index (χ3v) is 1.89. The van der Waals surface area contributed by atoms with E-state index in [4.69, 9.17) is 0 Å². The van der Waals surface area contributed by atoms with E-state index in [1.807, 2.05) is 0 Å². The van der Waals surface area contributed by atoms with Gasteiger partial charge in [-0.2, -0.15) is 0 Å². The van der Waals surface area contributed by atoms with Crippen molar-refractivity contribution < 1.29 is 14.4 Å². The van der Waals surface area contributed by atoms with Crippen molar-refractivity contribution in [1.29, 1.82) is 0 Å². The average Bonchev–Trinajstić information content (AvgIpc) is 2.16. The molecule has 0 aliphatic carbocycles. The van der Waals surface area contributed by atoms with Crippen molar-refractivity contribution in [3.8, 4) is 0 Å². The third-order valence-electron chi connectivity index (χ3n) is 1.89. The van der Waals surface area contributed by atoms with Gasteiger partial charge in [-0.05, 0) is 6.42 Å². The first-order valence-corrected chi connectivity index (χ1v) is 4.74. The summed E-state index contributed by atoms with van der Waals surface area (Å²) in [6.07, 6.45) is 5.41. The summed E-state index contributed by atoms with van der Waals surface area (Å²) < 4.78 is 0. The molecule has 0 rings (SSSR count). The lowest BCUT2D eigenvalue weighted by atomic mass is 10.1. The standard InChI is InChI=1S/C10H16O3.2H3N/c1-2-3-4-5-6-7-9(12)10(13)8-11;;/h8H,2-7H2,1H3;2*1H3. The molecule has 0 saturated carbocycles. The summed E-state index contributed by atoms with van der Waals surface area (Å²) in [5.74, 6) is -1.44. The Labute approximate surface area is 90.8 Å². The van der Waals surface area contributed by atoms with E-state index in [1.54, 1.807) is 0 Å². The summed E-state index contributed by atoms with van der Waals surface area (Å²) in [7, 11) is 0. The zero-order chi connectivity index (χ0) is 10.1. The highest BCUT2D eigenvalue weighted by Gasteiger charge is 2.10. The third kappa shape index (κ3) is 10.9. The summed E-state index contributed by atoms with van der Waals surface area (Å²) in [5.41, 5.74) is 0. The second kappa shape index (κ2) is 12.9. The molecular weight excluding hydrogens is 196 g/mol. The molecule has 0 amide bonds. The molecule has 0 atom stereocenters. The molecule has 0 aromatic carbocycles. The Morgan fingerprint density at radius 2 is 1.53 bits per heavy atom. The van der Waals surface area contributed by atoms with E-state index in [2.05, 4.69) is 6.92 Å². The molecule has 0 aliphatic heterocycles. The van der Waals surface area contributed by atoms with Crippen LogP contribution < -0.4 is 12.3 Å².